The van der Waals surface area contributed by atoms with Gasteiger partial charge in [0.25, 0.3) is 0 Å². The second-order valence-electron chi connectivity index (χ2n) is 3.65. The number of nitrogen functional groups attached to an aromatic ring is 1. The number of aryl methyl sites for hydroxylation is 1. The molecule has 82 valence electrons. The number of nitrogens with zero attached hydrogens (tertiary/aromatic N) is 1. The van der Waals surface area contributed by atoms with Crippen LogP contribution in [0.2, 0.25) is 0 Å². The highest BCUT2D eigenvalue weighted by atomic mass is 16.5. The maximum Gasteiger partial charge on any atom is 0.143 e. The molecule has 0 radical (unpaired) electrons. The molecule has 0 aliphatic rings. The third-order valence-electron chi connectivity index (χ3n) is 2.27. The van der Waals surface area contributed by atoms with Crippen molar-refractivity contribution in [3.8, 4) is 5.75 Å². The predicted octanol–water partition coefficient (Wildman–Crippen LogP) is 2.55. The average Bonchev–Trinajstić information content (AvgIpc) is 2.32. The number of rotatable bonds is 3. The molecule has 0 saturated carbocycles. The minimum atomic E-state index is 0.439. The third kappa shape index (κ3) is 2.51. The van der Waals surface area contributed by atoms with Gasteiger partial charge in [0.15, 0.2) is 0 Å². The molecule has 1 heterocycles. The molecule has 3 nitrogen and oxygen atoms in total. The number of nitrogens with two attached hydrogens (primary N) is 1. The molecule has 2 N–H and O–H groups in total. The molecule has 16 heavy (non-hydrogen) atoms. The van der Waals surface area contributed by atoms with Gasteiger partial charge in [0.2, 0.25) is 0 Å². The molecule has 0 atom stereocenters. The van der Waals surface area contributed by atoms with Crippen molar-refractivity contribution in [3.63, 3.8) is 0 Å². The normalized spacial score (nSPS) is 10.1. The standard InChI is InChI=1S/C13H14N2O/c1-10-5-6-12(14)13(8-10)16-9-11-4-2-3-7-15-11/h2-8H,9,14H2,1H3. The quantitative estimate of drug-likeness (QED) is 0.799. The summed E-state index contributed by atoms with van der Waals surface area (Å²) in [6.45, 7) is 2.45. The Bertz CT molecular complexity index is 469. The number of hydrogen-bond donors (Lipinski definition) is 1. The van der Waals surface area contributed by atoms with Crippen LogP contribution < -0.4 is 10.5 Å². The summed E-state index contributed by atoms with van der Waals surface area (Å²) in [7, 11) is 0. The fraction of sp³-hybridized carbons (Fsp3) is 0.154. The first-order valence-electron chi connectivity index (χ1n) is 5.14. The summed E-state index contributed by atoms with van der Waals surface area (Å²) < 4.78 is 5.62. The lowest BCUT2D eigenvalue weighted by atomic mass is 10.2. The second-order valence-corrected chi connectivity index (χ2v) is 3.65. The van der Waals surface area contributed by atoms with Crippen LogP contribution in [0.1, 0.15) is 11.3 Å². The summed E-state index contributed by atoms with van der Waals surface area (Å²) in [5.41, 5.74) is 8.48. The number of pyridine rings is 1. The Balaban J connectivity index is 2.08. The van der Waals surface area contributed by atoms with Crippen LogP contribution in [0.5, 0.6) is 5.75 Å². The molecule has 0 unspecified atom stereocenters. The van der Waals surface area contributed by atoms with Gasteiger partial charge in [-0.15, -0.1) is 0 Å². The molecular weight excluding hydrogens is 200 g/mol. The Morgan fingerprint density at radius 1 is 1.25 bits per heavy atom. The molecule has 1 aromatic carbocycles. The zero-order valence-electron chi connectivity index (χ0n) is 9.18. The maximum atomic E-state index is 5.81. The van der Waals surface area contributed by atoms with E-state index in [1.807, 2.05) is 43.3 Å². The van der Waals surface area contributed by atoms with Crippen LogP contribution in [0.4, 0.5) is 5.69 Å². The molecule has 2 rings (SSSR count). The van der Waals surface area contributed by atoms with Gasteiger partial charge < -0.3 is 10.5 Å². The Kier molecular flexibility index (Phi) is 3.05. The highest BCUT2D eigenvalue weighted by molar-refractivity contribution is 5.53. The molecule has 0 amide bonds. The molecule has 0 saturated heterocycles. The van der Waals surface area contributed by atoms with Crippen LogP contribution in [0.15, 0.2) is 42.6 Å². The molecule has 3 heteroatoms. The van der Waals surface area contributed by atoms with Gasteiger partial charge in [-0.1, -0.05) is 12.1 Å². The van der Waals surface area contributed by atoms with Gasteiger partial charge in [0.05, 0.1) is 11.4 Å². The van der Waals surface area contributed by atoms with Crippen LogP contribution >= 0.6 is 0 Å². The van der Waals surface area contributed by atoms with E-state index in [2.05, 4.69) is 4.98 Å². The van der Waals surface area contributed by atoms with E-state index in [0.717, 1.165) is 11.3 Å². The summed E-state index contributed by atoms with van der Waals surface area (Å²) in [6.07, 6.45) is 1.75. The summed E-state index contributed by atoms with van der Waals surface area (Å²) in [4.78, 5) is 4.18. The highest BCUT2D eigenvalue weighted by Gasteiger charge is 2.01. The zero-order valence-corrected chi connectivity index (χ0v) is 9.18. The smallest absolute Gasteiger partial charge is 0.143 e. The van der Waals surface area contributed by atoms with E-state index >= 15 is 0 Å². The Labute approximate surface area is 94.9 Å². The first-order valence-corrected chi connectivity index (χ1v) is 5.14. The summed E-state index contributed by atoms with van der Waals surface area (Å²) in [6, 6.07) is 11.5. The lowest BCUT2D eigenvalue weighted by Crippen LogP contribution is -2.00. The van der Waals surface area contributed by atoms with Crippen LogP contribution in [0.25, 0.3) is 0 Å². The lowest BCUT2D eigenvalue weighted by Gasteiger charge is -2.08. The first-order chi connectivity index (χ1) is 7.75. The van der Waals surface area contributed by atoms with Crippen LogP contribution in [-0.2, 0) is 6.61 Å². The monoisotopic (exact) mass is 214 g/mol. The zero-order chi connectivity index (χ0) is 11.4. The largest absolute Gasteiger partial charge is 0.485 e. The minimum Gasteiger partial charge on any atom is -0.485 e. The fourth-order valence-electron chi connectivity index (χ4n) is 1.40. The van der Waals surface area contributed by atoms with E-state index in [9.17, 15) is 0 Å². The van der Waals surface area contributed by atoms with Crippen molar-refractivity contribution >= 4 is 5.69 Å². The van der Waals surface area contributed by atoms with Crippen molar-refractivity contribution < 1.29 is 4.74 Å². The fourth-order valence-corrected chi connectivity index (χ4v) is 1.40. The average molecular weight is 214 g/mol. The van der Waals surface area contributed by atoms with Crippen LogP contribution in [0.3, 0.4) is 0 Å². The summed E-state index contributed by atoms with van der Waals surface area (Å²) in [5.74, 6) is 0.714. The topological polar surface area (TPSA) is 48.1 Å². The SMILES string of the molecule is Cc1ccc(N)c(OCc2ccccn2)c1. The molecule has 2 aromatic rings. The molecule has 0 spiro atoms. The number of anilines is 1. The highest BCUT2D eigenvalue weighted by Crippen LogP contribution is 2.23. The second kappa shape index (κ2) is 4.66. The Morgan fingerprint density at radius 2 is 2.12 bits per heavy atom. The first kappa shape index (κ1) is 10.5. The van der Waals surface area contributed by atoms with Crippen molar-refractivity contribution in [2.24, 2.45) is 0 Å². The van der Waals surface area contributed by atoms with Gasteiger partial charge in [0, 0.05) is 6.20 Å². The van der Waals surface area contributed by atoms with E-state index in [0.29, 0.717) is 18.0 Å². The van der Waals surface area contributed by atoms with E-state index in [-0.39, 0.29) is 0 Å². The molecule has 0 aliphatic heterocycles. The number of benzene rings is 1. The molecule has 0 aliphatic carbocycles. The Morgan fingerprint density at radius 3 is 2.88 bits per heavy atom. The van der Waals surface area contributed by atoms with Crippen molar-refractivity contribution in [1.29, 1.82) is 0 Å². The Hall–Kier alpha value is -2.03. The molecule has 1 aromatic heterocycles. The molecule has 0 bridgehead atoms. The molecule has 0 fully saturated rings. The van der Waals surface area contributed by atoms with E-state index in [1.165, 1.54) is 0 Å². The van der Waals surface area contributed by atoms with Gasteiger partial charge in [-0.05, 0) is 36.8 Å². The molecular formula is C13H14N2O. The summed E-state index contributed by atoms with van der Waals surface area (Å²) >= 11 is 0. The third-order valence-corrected chi connectivity index (χ3v) is 2.27. The van der Waals surface area contributed by atoms with Gasteiger partial charge in [-0.3, -0.25) is 4.98 Å². The lowest BCUT2D eigenvalue weighted by molar-refractivity contribution is 0.303. The number of hydrogen-bond acceptors (Lipinski definition) is 3. The van der Waals surface area contributed by atoms with Gasteiger partial charge in [-0.2, -0.15) is 0 Å². The van der Waals surface area contributed by atoms with Gasteiger partial charge in [-0.25, -0.2) is 0 Å². The van der Waals surface area contributed by atoms with E-state index < -0.39 is 0 Å². The number of ether oxygens (including phenoxy) is 1. The van der Waals surface area contributed by atoms with Crippen molar-refractivity contribution in [1.82, 2.24) is 4.98 Å². The maximum absolute atomic E-state index is 5.81. The minimum absolute atomic E-state index is 0.439. The van der Waals surface area contributed by atoms with E-state index in [4.69, 9.17) is 10.5 Å². The van der Waals surface area contributed by atoms with Gasteiger partial charge in [0.1, 0.15) is 12.4 Å². The van der Waals surface area contributed by atoms with Gasteiger partial charge >= 0.3 is 0 Å². The van der Waals surface area contributed by atoms with E-state index in [1.54, 1.807) is 6.20 Å². The van der Waals surface area contributed by atoms with Crippen molar-refractivity contribution in [2.75, 3.05) is 5.73 Å². The van der Waals surface area contributed by atoms with Crippen LogP contribution in [-0.4, -0.2) is 4.98 Å². The van der Waals surface area contributed by atoms with Crippen LogP contribution in [0, 0.1) is 6.92 Å². The number of aromatic nitrogens is 1. The predicted molar refractivity (Wildman–Crippen MR) is 64.2 cm³/mol. The van der Waals surface area contributed by atoms with Crippen molar-refractivity contribution in [2.45, 2.75) is 13.5 Å². The summed E-state index contributed by atoms with van der Waals surface area (Å²) in [5, 5.41) is 0. The van der Waals surface area contributed by atoms with Crippen molar-refractivity contribution in [3.05, 3.63) is 53.9 Å².